The maximum atomic E-state index is 12.6. The molecular formula is C22H30N4O. The first-order chi connectivity index (χ1) is 13.1. The molecule has 0 radical (unpaired) electrons. The van der Waals surface area contributed by atoms with Gasteiger partial charge in [0.15, 0.2) is 0 Å². The van der Waals surface area contributed by atoms with E-state index in [4.69, 9.17) is 4.98 Å². The molecule has 0 saturated carbocycles. The van der Waals surface area contributed by atoms with Gasteiger partial charge in [-0.05, 0) is 36.7 Å². The molecule has 5 heteroatoms. The van der Waals surface area contributed by atoms with Crippen LogP contribution in [0.3, 0.4) is 0 Å². The second-order valence-electron chi connectivity index (χ2n) is 8.28. The van der Waals surface area contributed by atoms with Crippen molar-refractivity contribution in [3.05, 3.63) is 57.5 Å². The molecule has 0 amide bonds. The number of anilines is 1. The van der Waals surface area contributed by atoms with E-state index in [1.807, 2.05) is 0 Å². The maximum absolute atomic E-state index is 12.6. The van der Waals surface area contributed by atoms with Gasteiger partial charge in [-0.3, -0.25) is 14.7 Å². The number of benzene rings is 1. The van der Waals surface area contributed by atoms with Crippen molar-refractivity contribution < 1.29 is 0 Å². The number of aromatic amines is 1. The van der Waals surface area contributed by atoms with Crippen molar-refractivity contribution in [3.8, 4) is 0 Å². The van der Waals surface area contributed by atoms with Crippen molar-refractivity contribution in [1.29, 1.82) is 0 Å². The van der Waals surface area contributed by atoms with Crippen LogP contribution in [0.15, 0.2) is 35.1 Å². The summed E-state index contributed by atoms with van der Waals surface area (Å²) in [6.45, 7) is 9.23. The monoisotopic (exact) mass is 366 g/mol. The molecule has 1 N–H and O–H groups in total. The number of H-pyrrole nitrogens is 1. The molecule has 1 fully saturated rings. The minimum absolute atomic E-state index is 0.0596. The Morgan fingerprint density at radius 1 is 1.19 bits per heavy atom. The summed E-state index contributed by atoms with van der Waals surface area (Å²) in [7, 11) is 0. The molecule has 2 aliphatic rings. The third-order valence-corrected chi connectivity index (χ3v) is 6.12. The highest BCUT2D eigenvalue weighted by molar-refractivity contribution is 5.35. The molecule has 1 aromatic carbocycles. The van der Waals surface area contributed by atoms with Crippen LogP contribution in [0.25, 0.3) is 0 Å². The number of hydrogen-bond acceptors (Lipinski definition) is 4. The van der Waals surface area contributed by atoms with E-state index in [1.165, 1.54) is 18.4 Å². The van der Waals surface area contributed by atoms with Crippen molar-refractivity contribution in [1.82, 2.24) is 14.9 Å². The van der Waals surface area contributed by atoms with Crippen molar-refractivity contribution in [2.45, 2.75) is 45.6 Å². The van der Waals surface area contributed by atoms with Crippen molar-refractivity contribution in [2.24, 2.45) is 5.92 Å². The zero-order valence-electron chi connectivity index (χ0n) is 16.4. The third kappa shape index (κ3) is 4.08. The lowest BCUT2D eigenvalue weighted by Crippen LogP contribution is -2.40. The van der Waals surface area contributed by atoms with E-state index >= 15 is 0 Å². The van der Waals surface area contributed by atoms with Crippen LogP contribution in [0.5, 0.6) is 0 Å². The topological polar surface area (TPSA) is 52.2 Å². The number of nitrogens with one attached hydrogen (secondary N) is 1. The quantitative estimate of drug-likeness (QED) is 0.903. The van der Waals surface area contributed by atoms with Crippen molar-refractivity contribution in [3.63, 3.8) is 0 Å². The largest absolute Gasteiger partial charge is 0.342 e. The van der Waals surface area contributed by atoms with Gasteiger partial charge in [0.05, 0.1) is 5.69 Å². The fourth-order valence-electron chi connectivity index (χ4n) is 4.28. The first-order valence-electron chi connectivity index (χ1n) is 10.2. The Labute approximate surface area is 161 Å². The summed E-state index contributed by atoms with van der Waals surface area (Å²) in [5.41, 5.74) is 3.28. The van der Waals surface area contributed by atoms with Gasteiger partial charge in [0.25, 0.3) is 5.56 Å². The van der Waals surface area contributed by atoms with Crippen molar-refractivity contribution in [2.75, 3.05) is 31.1 Å². The SMILES string of the molecule is CC1CCN(c2nc3c(c(=O)[nH]2)CCN(C[C@H](C)c2ccccc2)C3)CC1. The van der Waals surface area contributed by atoms with Crippen LogP contribution < -0.4 is 10.5 Å². The van der Waals surface area contributed by atoms with Crippen LogP contribution in [0.4, 0.5) is 5.95 Å². The van der Waals surface area contributed by atoms with E-state index in [-0.39, 0.29) is 5.56 Å². The van der Waals surface area contributed by atoms with Gasteiger partial charge in [-0.1, -0.05) is 44.2 Å². The molecular weight excluding hydrogens is 336 g/mol. The Morgan fingerprint density at radius 3 is 2.67 bits per heavy atom. The number of nitrogens with zero attached hydrogens (tertiary/aromatic N) is 3. The van der Waals surface area contributed by atoms with E-state index in [2.05, 4.69) is 59.0 Å². The molecule has 0 unspecified atom stereocenters. The summed E-state index contributed by atoms with van der Waals surface area (Å²) in [5.74, 6) is 2.00. The maximum Gasteiger partial charge on any atom is 0.255 e. The molecule has 27 heavy (non-hydrogen) atoms. The molecule has 0 aliphatic carbocycles. The molecule has 4 rings (SSSR count). The summed E-state index contributed by atoms with van der Waals surface area (Å²) in [4.78, 5) is 25.2. The summed E-state index contributed by atoms with van der Waals surface area (Å²) in [5, 5.41) is 0. The van der Waals surface area contributed by atoms with Gasteiger partial charge >= 0.3 is 0 Å². The van der Waals surface area contributed by atoms with Gasteiger partial charge in [0.2, 0.25) is 5.95 Å². The number of rotatable bonds is 4. The average Bonchev–Trinajstić information content (AvgIpc) is 2.69. The second kappa shape index (κ2) is 7.85. The van der Waals surface area contributed by atoms with E-state index in [0.29, 0.717) is 5.92 Å². The predicted molar refractivity (Wildman–Crippen MR) is 109 cm³/mol. The van der Waals surface area contributed by atoms with Crippen LogP contribution in [-0.2, 0) is 13.0 Å². The molecule has 5 nitrogen and oxygen atoms in total. The minimum Gasteiger partial charge on any atom is -0.342 e. The Hall–Kier alpha value is -2.14. The van der Waals surface area contributed by atoms with E-state index < -0.39 is 0 Å². The van der Waals surface area contributed by atoms with Gasteiger partial charge in [0.1, 0.15) is 0 Å². The van der Waals surface area contributed by atoms with E-state index in [1.54, 1.807) is 0 Å². The smallest absolute Gasteiger partial charge is 0.255 e. The van der Waals surface area contributed by atoms with E-state index in [0.717, 1.165) is 62.3 Å². The normalized spacial score (nSPS) is 19.7. The Balaban J connectivity index is 1.49. The van der Waals surface area contributed by atoms with Crippen LogP contribution in [0.2, 0.25) is 0 Å². The zero-order valence-corrected chi connectivity index (χ0v) is 16.4. The molecule has 0 bridgehead atoms. The Kier molecular flexibility index (Phi) is 5.30. The summed E-state index contributed by atoms with van der Waals surface area (Å²) in [6.07, 6.45) is 3.12. The first kappa shape index (κ1) is 18.2. The fraction of sp³-hybridized carbons (Fsp3) is 0.545. The van der Waals surface area contributed by atoms with Gasteiger partial charge in [-0.25, -0.2) is 4.98 Å². The predicted octanol–water partition coefficient (Wildman–Crippen LogP) is 3.17. The lowest BCUT2D eigenvalue weighted by molar-refractivity contribution is 0.237. The standard InChI is InChI=1S/C22H30N4O/c1-16-8-12-26(13-9-16)22-23-20-15-25(11-10-19(20)21(27)24-22)14-17(2)18-6-4-3-5-7-18/h3-7,16-17H,8-15H2,1-2H3,(H,23,24,27)/t17-/m0/s1. The summed E-state index contributed by atoms with van der Waals surface area (Å²) in [6, 6.07) is 10.7. The lowest BCUT2D eigenvalue weighted by atomic mass is 9.98. The zero-order chi connectivity index (χ0) is 18.8. The lowest BCUT2D eigenvalue weighted by Gasteiger charge is -2.33. The van der Waals surface area contributed by atoms with Crippen LogP contribution in [-0.4, -0.2) is 41.0 Å². The highest BCUT2D eigenvalue weighted by atomic mass is 16.1. The Morgan fingerprint density at radius 2 is 1.93 bits per heavy atom. The number of hydrogen-bond donors (Lipinski definition) is 1. The molecule has 2 aromatic rings. The van der Waals surface area contributed by atoms with Gasteiger partial charge in [-0.15, -0.1) is 0 Å². The molecule has 2 aliphatic heterocycles. The van der Waals surface area contributed by atoms with E-state index in [9.17, 15) is 4.79 Å². The third-order valence-electron chi connectivity index (χ3n) is 6.12. The van der Waals surface area contributed by atoms with Crippen molar-refractivity contribution >= 4 is 5.95 Å². The van der Waals surface area contributed by atoms with Crippen LogP contribution in [0, 0.1) is 5.92 Å². The van der Waals surface area contributed by atoms with Gasteiger partial charge in [-0.2, -0.15) is 0 Å². The van der Waals surface area contributed by atoms with Crippen LogP contribution in [0.1, 0.15) is 49.4 Å². The summed E-state index contributed by atoms with van der Waals surface area (Å²) < 4.78 is 0. The Bertz CT molecular complexity index is 824. The fourth-order valence-corrected chi connectivity index (χ4v) is 4.28. The molecule has 144 valence electrons. The molecule has 1 aromatic heterocycles. The number of piperidine rings is 1. The minimum atomic E-state index is 0.0596. The van der Waals surface area contributed by atoms with Gasteiger partial charge in [0, 0.05) is 38.3 Å². The first-order valence-corrected chi connectivity index (χ1v) is 10.2. The van der Waals surface area contributed by atoms with Crippen LogP contribution >= 0.6 is 0 Å². The number of aromatic nitrogens is 2. The highest BCUT2D eigenvalue weighted by Gasteiger charge is 2.25. The van der Waals surface area contributed by atoms with Gasteiger partial charge < -0.3 is 4.90 Å². The average molecular weight is 367 g/mol. The molecule has 1 saturated heterocycles. The second-order valence-corrected chi connectivity index (χ2v) is 8.28. The molecule has 0 spiro atoms. The highest BCUT2D eigenvalue weighted by Crippen LogP contribution is 2.23. The summed E-state index contributed by atoms with van der Waals surface area (Å²) >= 11 is 0. The molecule has 3 heterocycles. The number of fused-ring (bicyclic) bond motifs is 1. The molecule has 1 atom stereocenters.